The smallest absolute Gasteiger partial charge is 0.339 e. The number of aromatic nitrogens is 3. The number of pyridine rings is 1. The molecule has 0 fully saturated rings. The number of aryl methyl sites for hydroxylation is 2. The van der Waals surface area contributed by atoms with Crippen molar-refractivity contribution in [3.63, 3.8) is 0 Å². The summed E-state index contributed by atoms with van der Waals surface area (Å²) in [5.74, 6) is -0.851. The molecule has 0 spiro atoms. The van der Waals surface area contributed by atoms with Crippen LogP contribution >= 0.6 is 11.6 Å². The fourth-order valence-corrected chi connectivity index (χ4v) is 1.88. The maximum absolute atomic E-state index is 11.1. The third-order valence-corrected chi connectivity index (χ3v) is 2.80. The number of hydrogen-bond acceptors (Lipinski definition) is 4. The number of anilines is 2. The SMILES string of the molecule is CCc1nn(C)cc1Nc1nc(Cl)ccc1C(=O)O. The average molecular weight is 281 g/mol. The Labute approximate surface area is 115 Å². The molecule has 0 atom stereocenters. The number of carboxylic acid groups (broad SMARTS) is 1. The Hall–Kier alpha value is -2.08. The molecule has 0 saturated heterocycles. The van der Waals surface area contributed by atoms with Crippen molar-refractivity contribution in [1.29, 1.82) is 0 Å². The van der Waals surface area contributed by atoms with Crippen LogP contribution in [0.1, 0.15) is 23.0 Å². The minimum atomic E-state index is -1.06. The highest BCUT2D eigenvalue weighted by Crippen LogP contribution is 2.23. The molecule has 2 N–H and O–H groups in total. The van der Waals surface area contributed by atoms with Crippen LogP contribution in [0.4, 0.5) is 11.5 Å². The maximum atomic E-state index is 11.1. The Morgan fingerprint density at radius 2 is 2.26 bits per heavy atom. The first-order valence-electron chi connectivity index (χ1n) is 5.70. The molecule has 0 aliphatic carbocycles. The largest absolute Gasteiger partial charge is 0.478 e. The second-order valence-corrected chi connectivity index (χ2v) is 4.36. The van der Waals surface area contributed by atoms with Crippen LogP contribution in [-0.4, -0.2) is 25.8 Å². The Balaban J connectivity index is 2.42. The first kappa shape index (κ1) is 13.4. The molecule has 7 heteroatoms. The lowest BCUT2D eigenvalue weighted by Crippen LogP contribution is -2.05. The van der Waals surface area contributed by atoms with Crippen molar-refractivity contribution in [2.24, 2.45) is 7.05 Å². The predicted molar refractivity (Wildman–Crippen MR) is 72.1 cm³/mol. The maximum Gasteiger partial charge on any atom is 0.339 e. The fourth-order valence-electron chi connectivity index (χ4n) is 1.73. The number of aromatic carboxylic acids is 1. The van der Waals surface area contributed by atoms with Gasteiger partial charge in [-0.25, -0.2) is 9.78 Å². The Bertz CT molecular complexity index is 624. The van der Waals surface area contributed by atoms with E-state index in [4.69, 9.17) is 16.7 Å². The van der Waals surface area contributed by atoms with Gasteiger partial charge in [0, 0.05) is 13.2 Å². The molecule has 2 heterocycles. The standard InChI is InChI=1S/C12H13ClN4O2/c1-3-8-9(6-17(2)16-8)14-11-7(12(18)19)4-5-10(13)15-11/h4-6H,3H2,1-2H3,(H,14,15)(H,18,19). The molecule has 0 aliphatic rings. The molecule has 2 rings (SSSR count). The van der Waals surface area contributed by atoms with E-state index in [0.29, 0.717) is 0 Å². The Kier molecular flexibility index (Phi) is 3.71. The third-order valence-electron chi connectivity index (χ3n) is 2.58. The molecule has 0 aromatic carbocycles. The first-order chi connectivity index (χ1) is 9.01. The van der Waals surface area contributed by atoms with Gasteiger partial charge in [0.2, 0.25) is 0 Å². The number of hydrogen-bond donors (Lipinski definition) is 2. The highest BCUT2D eigenvalue weighted by Gasteiger charge is 2.14. The zero-order valence-electron chi connectivity index (χ0n) is 10.5. The number of carboxylic acids is 1. The van der Waals surface area contributed by atoms with Crippen LogP contribution in [0.15, 0.2) is 18.3 Å². The van der Waals surface area contributed by atoms with Crippen molar-refractivity contribution in [1.82, 2.24) is 14.8 Å². The van der Waals surface area contributed by atoms with Gasteiger partial charge in [-0.2, -0.15) is 5.10 Å². The minimum Gasteiger partial charge on any atom is -0.478 e. The van der Waals surface area contributed by atoms with E-state index in [1.807, 2.05) is 6.92 Å². The summed E-state index contributed by atoms with van der Waals surface area (Å²) in [5, 5.41) is 16.6. The summed E-state index contributed by atoms with van der Waals surface area (Å²) in [6.07, 6.45) is 2.50. The van der Waals surface area contributed by atoms with E-state index in [9.17, 15) is 4.79 Å². The first-order valence-corrected chi connectivity index (χ1v) is 6.08. The fraction of sp³-hybridized carbons (Fsp3) is 0.250. The van der Waals surface area contributed by atoms with Gasteiger partial charge in [0.15, 0.2) is 0 Å². The molecule has 19 heavy (non-hydrogen) atoms. The third kappa shape index (κ3) is 2.85. The number of halogens is 1. The highest BCUT2D eigenvalue weighted by atomic mass is 35.5. The van der Waals surface area contributed by atoms with E-state index in [1.54, 1.807) is 17.9 Å². The number of nitrogens with zero attached hydrogens (tertiary/aromatic N) is 3. The summed E-state index contributed by atoms with van der Waals surface area (Å²) in [4.78, 5) is 15.1. The zero-order chi connectivity index (χ0) is 14.0. The van der Waals surface area contributed by atoms with Crippen molar-refractivity contribution < 1.29 is 9.90 Å². The Morgan fingerprint density at radius 1 is 1.53 bits per heavy atom. The summed E-state index contributed by atoms with van der Waals surface area (Å²) < 4.78 is 1.66. The summed E-state index contributed by atoms with van der Waals surface area (Å²) in [7, 11) is 1.80. The molecule has 0 bridgehead atoms. The van der Waals surface area contributed by atoms with Gasteiger partial charge in [-0.15, -0.1) is 0 Å². The minimum absolute atomic E-state index is 0.0651. The van der Waals surface area contributed by atoms with E-state index >= 15 is 0 Å². The number of carbonyl (C=O) groups is 1. The molecule has 6 nitrogen and oxygen atoms in total. The van der Waals surface area contributed by atoms with Crippen LogP contribution in [0.2, 0.25) is 5.15 Å². The van der Waals surface area contributed by atoms with E-state index < -0.39 is 5.97 Å². The average Bonchev–Trinajstić information content (AvgIpc) is 2.69. The van der Waals surface area contributed by atoms with Crippen LogP contribution < -0.4 is 5.32 Å². The topological polar surface area (TPSA) is 80.0 Å². The molecule has 0 saturated carbocycles. The van der Waals surface area contributed by atoms with Gasteiger partial charge < -0.3 is 10.4 Å². The lowest BCUT2D eigenvalue weighted by atomic mass is 10.2. The molecule has 2 aromatic rings. The lowest BCUT2D eigenvalue weighted by molar-refractivity contribution is 0.0697. The molecular weight excluding hydrogens is 268 g/mol. The van der Waals surface area contributed by atoms with Gasteiger partial charge in [0.25, 0.3) is 0 Å². The number of nitrogens with one attached hydrogen (secondary N) is 1. The number of rotatable bonds is 4. The van der Waals surface area contributed by atoms with E-state index in [0.717, 1.165) is 17.8 Å². The van der Waals surface area contributed by atoms with Crippen LogP contribution in [0, 0.1) is 0 Å². The van der Waals surface area contributed by atoms with Crippen molar-refractivity contribution >= 4 is 29.1 Å². The summed E-state index contributed by atoms with van der Waals surface area (Å²) in [6, 6.07) is 2.86. The van der Waals surface area contributed by atoms with Crippen LogP contribution in [0.25, 0.3) is 0 Å². The lowest BCUT2D eigenvalue weighted by Gasteiger charge is -2.08. The van der Waals surface area contributed by atoms with Crippen molar-refractivity contribution in [2.75, 3.05) is 5.32 Å². The van der Waals surface area contributed by atoms with Crippen LogP contribution in [0.5, 0.6) is 0 Å². The van der Waals surface area contributed by atoms with Crippen molar-refractivity contribution in [3.05, 3.63) is 34.7 Å². The van der Waals surface area contributed by atoms with E-state index in [1.165, 1.54) is 12.1 Å². The molecule has 0 radical (unpaired) electrons. The summed E-state index contributed by atoms with van der Waals surface area (Å²) >= 11 is 5.80. The van der Waals surface area contributed by atoms with Gasteiger partial charge in [-0.1, -0.05) is 18.5 Å². The van der Waals surface area contributed by atoms with Gasteiger partial charge in [0.1, 0.15) is 16.5 Å². The molecule has 2 aromatic heterocycles. The Morgan fingerprint density at radius 3 is 2.89 bits per heavy atom. The normalized spacial score (nSPS) is 10.5. The molecule has 0 amide bonds. The van der Waals surface area contributed by atoms with Gasteiger partial charge in [-0.3, -0.25) is 4.68 Å². The quantitative estimate of drug-likeness (QED) is 0.841. The second-order valence-electron chi connectivity index (χ2n) is 3.98. The van der Waals surface area contributed by atoms with E-state index in [2.05, 4.69) is 15.4 Å². The van der Waals surface area contributed by atoms with Gasteiger partial charge in [0.05, 0.1) is 11.4 Å². The summed E-state index contributed by atoms with van der Waals surface area (Å²) in [5.41, 5.74) is 1.62. The monoisotopic (exact) mass is 280 g/mol. The van der Waals surface area contributed by atoms with Crippen molar-refractivity contribution in [2.45, 2.75) is 13.3 Å². The van der Waals surface area contributed by atoms with Crippen LogP contribution in [0.3, 0.4) is 0 Å². The predicted octanol–water partition coefficient (Wildman–Crippen LogP) is 2.47. The molecule has 0 unspecified atom stereocenters. The van der Waals surface area contributed by atoms with Gasteiger partial charge in [-0.05, 0) is 18.6 Å². The zero-order valence-corrected chi connectivity index (χ0v) is 11.3. The molecule has 0 aliphatic heterocycles. The van der Waals surface area contributed by atoms with E-state index in [-0.39, 0.29) is 16.5 Å². The van der Waals surface area contributed by atoms with Crippen LogP contribution in [-0.2, 0) is 13.5 Å². The summed E-state index contributed by atoms with van der Waals surface area (Å²) in [6.45, 7) is 1.97. The second kappa shape index (κ2) is 5.27. The molecule has 100 valence electrons. The highest BCUT2D eigenvalue weighted by molar-refractivity contribution is 6.29. The molecular formula is C12H13ClN4O2. The van der Waals surface area contributed by atoms with Gasteiger partial charge >= 0.3 is 5.97 Å². The van der Waals surface area contributed by atoms with Crippen molar-refractivity contribution in [3.8, 4) is 0 Å².